The van der Waals surface area contributed by atoms with E-state index in [0.29, 0.717) is 17.7 Å². The molecule has 4 heterocycles. The largest absolute Gasteiger partial charge is 0.497 e. The number of aromatic amines is 2. The predicted molar refractivity (Wildman–Crippen MR) is 145 cm³/mol. The maximum absolute atomic E-state index is 13.5. The van der Waals surface area contributed by atoms with Gasteiger partial charge < -0.3 is 24.5 Å². The van der Waals surface area contributed by atoms with Crippen LogP contribution in [0, 0.1) is 0 Å². The monoisotopic (exact) mass is 484 g/mol. The molecule has 0 saturated carbocycles. The predicted octanol–water partition coefficient (Wildman–Crippen LogP) is 5.92. The zero-order valence-electron chi connectivity index (χ0n) is 21.1. The topological polar surface area (TPSA) is 64.4 Å². The number of ether oxygens (including phenoxy) is 1. The second-order valence-corrected chi connectivity index (χ2v) is 10.5. The molecule has 0 unspecified atom stereocenters. The summed E-state index contributed by atoms with van der Waals surface area (Å²) in [5, 5.41) is 2.42. The third kappa shape index (κ3) is 4.50. The van der Waals surface area contributed by atoms with Crippen molar-refractivity contribution >= 4 is 27.7 Å². The highest BCUT2D eigenvalue weighted by Gasteiger charge is 2.30. The SMILES string of the molecule is COc1ccc2cc(C(=O)N3CCCC[C@H]3CCN3CCC(c4c[nH]c5ccccc45)CC3)[nH]c2c1. The lowest BCUT2D eigenvalue weighted by molar-refractivity contribution is 0.0573. The number of carbonyl (C=O) groups is 1. The van der Waals surface area contributed by atoms with Crippen LogP contribution in [0.15, 0.2) is 54.7 Å². The Hall–Kier alpha value is -3.25. The molecule has 0 radical (unpaired) electrons. The van der Waals surface area contributed by atoms with Crippen molar-refractivity contribution < 1.29 is 9.53 Å². The molecule has 2 N–H and O–H groups in total. The minimum atomic E-state index is 0.132. The second-order valence-electron chi connectivity index (χ2n) is 10.5. The van der Waals surface area contributed by atoms with Gasteiger partial charge in [0, 0.05) is 53.2 Å². The van der Waals surface area contributed by atoms with E-state index in [1.807, 2.05) is 24.3 Å². The van der Waals surface area contributed by atoms with Crippen LogP contribution in [0.5, 0.6) is 5.75 Å². The summed E-state index contributed by atoms with van der Waals surface area (Å²) >= 11 is 0. The number of amides is 1. The zero-order valence-corrected chi connectivity index (χ0v) is 21.1. The van der Waals surface area contributed by atoms with E-state index in [2.05, 4.69) is 50.2 Å². The number of carbonyl (C=O) groups excluding carboxylic acids is 1. The number of nitrogens with one attached hydrogen (secondary N) is 2. The highest BCUT2D eigenvalue weighted by molar-refractivity contribution is 5.98. The fourth-order valence-corrected chi connectivity index (χ4v) is 6.30. The van der Waals surface area contributed by atoms with Crippen molar-refractivity contribution in [2.24, 2.45) is 0 Å². The van der Waals surface area contributed by atoms with Crippen LogP contribution in [-0.2, 0) is 0 Å². The maximum Gasteiger partial charge on any atom is 0.270 e. The number of para-hydroxylation sites is 1. The Morgan fingerprint density at radius 3 is 2.72 bits per heavy atom. The minimum absolute atomic E-state index is 0.132. The molecule has 1 amide bonds. The van der Waals surface area contributed by atoms with E-state index in [4.69, 9.17) is 4.74 Å². The molecule has 6 rings (SSSR count). The van der Waals surface area contributed by atoms with Crippen LogP contribution in [0.1, 0.15) is 60.5 Å². The third-order valence-electron chi connectivity index (χ3n) is 8.38. The Morgan fingerprint density at radius 2 is 1.86 bits per heavy atom. The van der Waals surface area contributed by atoms with E-state index in [1.54, 1.807) is 7.11 Å². The van der Waals surface area contributed by atoms with Crippen LogP contribution in [0.2, 0.25) is 0 Å². The number of rotatable bonds is 6. The molecule has 6 heteroatoms. The first kappa shape index (κ1) is 23.2. The van der Waals surface area contributed by atoms with Gasteiger partial charge in [0.05, 0.1) is 7.11 Å². The molecule has 0 aliphatic carbocycles. The number of aromatic nitrogens is 2. The van der Waals surface area contributed by atoms with Gasteiger partial charge in [0.25, 0.3) is 5.91 Å². The van der Waals surface area contributed by atoms with Crippen LogP contribution in [0.25, 0.3) is 21.8 Å². The zero-order chi connectivity index (χ0) is 24.5. The molecular formula is C30H36N4O2. The molecule has 2 aromatic heterocycles. The molecule has 2 aliphatic heterocycles. The van der Waals surface area contributed by atoms with Crippen molar-refractivity contribution in [3.63, 3.8) is 0 Å². The Labute approximate surface area is 212 Å². The summed E-state index contributed by atoms with van der Waals surface area (Å²) in [5.41, 5.74) is 4.35. The van der Waals surface area contributed by atoms with Crippen LogP contribution >= 0.6 is 0 Å². The molecule has 6 nitrogen and oxygen atoms in total. The minimum Gasteiger partial charge on any atom is -0.497 e. The number of fused-ring (bicyclic) bond motifs is 2. The fraction of sp³-hybridized carbons (Fsp3) is 0.433. The normalized spacial score (nSPS) is 19.8. The van der Waals surface area contributed by atoms with Crippen molar-refractivity contribution in [3.05, 3.63) is 66.0 Å². The number of piperidine rings is 2. The Balaban J connectivity index is 1.07. The molecule has 36 heavy (non-hydrogen) atoms. The standard InChI is InChI=1S/C30H36N4O2/c1-36-24-10-9-22-18-29(32-28(22)19-24)30(35)34-14-5-4-6-23(34)13-17-33-15-11-21(12-16-33)26-20-31-27-8-3-2-7-25(26)27/h2-3,7-10,18-21,23,31-32H,4-6,11-17H2,1H3/t23-/m0/s1. The van der Waals surface area contributed by atoms with Gasteiger partial charge in [-0.2, -0.15) is 0 Å². The Bertz CT molecular complexity index is 1350. The number of hydrogen-bond acceptors (Lipinski definition) is 3. The van der Waals surface area contributed by atoms with Crippen LogP contribution in [-0.4, -0.2) is 65.0 Å². The molecule has 0 spiro atoms. The second kappa shape index (κ2) is 10.0. The molecule has 0 bridgehead atoms. The van der Waals surface area contributed by atoms with Gasteiger partial charge in [-0.25, -0.2) is 0 Å². The number of benzene rings is 2. The molecule has 2 aromatic carbocycles. The van der Waals surface area contributed by atoms with Crippen molar-refractivity contribution in [1.29, 1.82) is 0 Å². The highest BCUT2D eigenvalue weighted by atomic mass is 16.5. The number of likely N-dealkylation sites (tertiary alicyclic amines) is 2. The Morgan fingerprint density at radius 1 is 1.00 bits per heavy atom. The molecular weight excluding hydrogens is 448 g/mol. The van der Waals surface area contributed by atoms with Crippen molar-refractivity contribution in [3.8, 4) is 5.75 Å². The lowest BCUT2D eigenvalue weighted by Crippen LogP contribution is -2.46. The summed E-state index contributed by atoms with van der Waals surface area (Å²) in [4.78, 5) is 25.0. The lowest BCUT2D eigenvalue weighted by atomic mass is 9.89. The van der Waals surface area contributed by atoms with Crippen molar-refractivity contribution in [2.75, 3.05) is 33.3 Å². The highest BCUT2D eigenvalue weighted by Crippen LogP contribution is 2.33. The smallest absolute Gasteiger partial charge is 0.270 e. The molecule has 1 atom stereocenters. The summed E-state index contributed by atoms with van der Waals surface area (Å²) in [6.07, 6.45) is 9.08. The van der Waals surface area contributed by atoms with Gasteiger partial charge in [-0.1, -0.05) is 18.2 Å². The average molecular weight is 485 g/mol. The van der Waals surface area contributed by atoms with Crippen LogP contribution < -0.4 is 4.74 Å². The summed E-state index contributed by atoms with van der Waals surface area (Å²) in [6, 6.07) is 16.9. The molecule has 2 saturated heterocycles. The quantitative estimate of drug-likeness (QED) is 0.357. The maximum atomic E-state index is 13.5. The van der Waals surface area contributed by atoms with Crippen LogP contribution in [0.4, 0.5) is 0 Å². The van der Waals surface area contributed by atoms with Gasteiger partial charge in [-0.15, -0.1) is 0 Å². The van der Waals surface area contributed by atoms with Crippen LogP contribution in [0.3, 0.4) is 0 Å². The number of hydrogen-bond donors (Lipinski definition) is 2. The number of nitrogens with zero attached hydrogens (tertiary/aromatic N) is 2. The van der Waals surface area contributed by atoms with E-state index in [9.17, 15) is 4.79 Å². The van der Waals surface area contributed by atoms with Crippen molar-refractivity contribution in [2.45, 2.75) is 50.5 Å². The van der Waals surface area contributed by atoms with Gasteiger partial charge in [-0.05, 0) is 87.4 Å². The van der Waals surface area contributed by atoms with E-state index < -0.39 is 0 Å². The molecule has 188 valence electrons. The summed E-state index contributed by atoms with van der Waals surface area (Å²) < 4.78 is 5.34. The third-order valence-corrected chi connectivity index (χ3v) is 8.38. The van der Waals surface area contributed by atoms with Gasteiger partial charge in [-0.3, -0.25) is 4.79 Å². The molecule has 2 aliphatic rings. The first-order chi connectivity index (χ1) is 17.7. The van der Waals surface area contributed by atoms with E-state index in [0.717, 1.165) is 62.1 Å². The van der Waals surface area contributed by atoms with E-state index >= 15 is 0 Å². The summed E-state index contributed by atoms with van der Waals surface area (Å²) in [6.45, 7) is 4.19. The van der Waals surface area contributed by atoms with E-state index in [-0.39, 0.29) is 5.91 Å². The summed E-state index contributed by atoms with van der Waals surface area (Å²) in [5.74, 6) is 1.56. The average Bonchev–Trinajstić information content (AvgIpc) is 3.56. The van der Waals surface area contributed by atoms with Gasteiger partial charge >= 0.3 is 0 Å². The number of H-pyrrole nitrogens is 2. The van der Waals surface area contributed by atoms with Crippen molar-refractivity contribution in [1.82, 2.24) is 19.8 Å². The first-order valence-corrected chi connectivity index (χ1v) is 13.5. The fourth-order valence-electron chi connectivity index (χ4n) is 6.30. The molecule has 2 fully saturated rings. The van der Waals surface area contributed by atoms with E-state index in [1.165, 1.54) is 35.7 Å². The van der Waals surface area contributed by atoms with Gasteiger partial charge in [0.15, 0.2) is 0 Å². The lowest BCUT2D eigenvalue weighted by Gasteiger charge is -2.38. The summed E-state index contributed by atoms with van der Waals surface area (Å²) in [7, 11) is 1.67. The first-order valence-electron chi connectivity index (χ1n) is 13.5. The van der Waals surface area contributed by atoms with Gasteiger partial charge in [0.1, 0.15) is 11.4 Å². The Kier molecular flexibility index (Phi) is 6.45. The number of methoxy groups -OCH3 is 1. The molecule has 4 aromatic rings. The van der Waals surface area contributed by atoms with Gasteiger partial charge in [0.2, 0.25) is 0 Å².